The van der Waals surface area contributed by atoms with E-state index in [1.165, 1.54) is 16.7 Å². The van der Waals surface area contributed by atoms with Crippen LogP contribution in [0.15, 0.2) is 48.5 Å². The molecule has 0 spiro atoms. The number of aromatic nitrogens is 2. The number of likely N-dealkylation sites (N-methyl/N-ethyl adjacent to an activating group) is 1. The molecule has 146 valence electrons. The van der Waals surface area contributed by atoms with Gasteiger partial charge in [-0.1, -0.05) is 42.0 Å². The molecule has 0 bridgehead atoms. The summed E-state index contributed by atoms with van der Waals surface area (Å²) < 4.78 is 1.87. The van der Waals surface area contributed by atoms with Gasteiger partial charge in [-0.05, 0) is 45.4 Å². The van der Waals surface area contributed by atoms with Crippen molar-refractivity contribution in [1.82, 2.24) is 9.78 Å². The van der Waals surface area contributed by atoms with Crippen LogP contribution in [0.1, 0.15) is 28.1 Å². The average molecular weight is 378 g/mol. The molecule has 0 aliphatic rings. The summed E-state index contributed by atoms with van der Waals surface area (Å²) in [6.07, 6.45) is 0. The van der Waals surface area contributed by atoms with E-state index in [1.807, 2.05) is 55.9 Å². The van der Waals surface area contributed by atoms with Gasteiger partial charge in [0.05, 0.1) is 29.8 Å². The number of para-hydroxylation sites is 1. The highest BCUT2D eigenvalue weighted by atomic mass is 16.2. The molecular formula is C23H29N4O+. The second-order valence-corrected chi connectivity index (χ2v) is 7.58. The molecule has 0 aliphatic heterocycles. The number of nitrogens with one attached hydrogen (secondary N) is 2. The van der Waals surface area contributed by atoms with Gasteiger partial charge >= 0.3 is 0 Å². The van der Waals surface area contributed by atoms with E-state index in [4.69, 9.17) is 0 Å². The number of hydrogen-bond donors (Lipinski definition) is 2. The largest absolute Gasteiger partial charge is 0.326 e. The lowest BCUT2D eigenvalue weighted by Crippen LogP contribution is -3.08. The first-order valence-corrected chi connectivity index (χ1v) is 9.64. The van der Waals surface area contributed by atoms with Gasteiger partial charge in [0, 0.05) is 5.56 Å². The standard InChI is InChI=1S/C23H28N4O/c1-16-11-12-20(17(2)13-16)14-26(5)15-22(28)24-23-18(3)25-27(19(23)4)21-9-7-6-8-10-21/h6-13H,14-15H2,1-5H3,(H,24,28)/p+1. The Balaban J connectivity index is 1.67. The van der Waals surface area contributed by atoms with E-state index >= 15 is 0 Å². The Bertz CT molecular complexity index is 976. The molecule has 3 rings (SSSR count). The van der Waals surface area contributed by atoms with Crippen LogP contribution >= 0.6 is 0 Å². The second kappa shape index (κ2) is 8.40. The zero-order valence-electron chi connectivity index (χ0n) is 17.3. The van der Waals surface area contributed by atoms with Gasteiger partial charge in [0.1, 0.15) is 6.54 Å². The van der Waals surface area contributed by atoms with Crippen LogP contribution in [-0.4, -0.2) is 29.3 Å². The smallest absolute Gasteiger partial charge is 0.279 e. The fraction of sp³-hybridized carbons (Fsp3) is 0.304. The van der Waals surface area contributed by atoms with Crippen molar-refractivity contribution in [3.8, 4) is 5.69 Å². The maximum Gasteiger partial charge on any atom is 0.279 e. The minimum atomic E-state index is 0.000997. The summed E-state index contributed by atoms with van der Waals surface area (Å²) in [4.78, 5) is 13.8. The van der Waals surface area contributed by atoms with Crippen molar-refractivity contribution < 1.29 is 9.69 Å². The van der Waals surface area contributed by atoms with Gasteiger partial charge in [-0.2, -0.15) is 5.10 Å². The van der Waals surface area contributed by atoms with Crippen molar-refractivity contribution in [2.75, 3.05) is 18.9 Å². The first-order valence-electron chi connectivity index (χ1n) is 9.64. The quantitative estimate of drug-likeness (QED) is 0.694. The van der Waals surface area contributed by atoms with Crippen LogP contribution in [0.4, 0.5) is 5.69 Å². The fourth-order valence-corrected chi connectivity index (χ4v) is 3.53. The van der Waals surface area contributed by atoms with Gasteiger partial charge in [-0.3, -0.25) is 4.79 Å². The number of anilines is 1. The number of rotatable bonds is 6. The first kappa shape index (κ1) is 19.8. The molecule has 1 atom stereocenters. The number of aryl methyl sites for hydroxylation is 3. The monoisotopic (exact) mass is 377 g/mol. The van der Waals surface area contributed by atoms with E-state index in [0.29, 0.717) is 6.54 Å². The molecule has 5 nitrogen and oxygen atoms in total. The van der Waals surface area contributed by atoms with Crippen molar-refractivity contribution in [1.29, 1.82) is 0 Å². The third-order valence-corrected chi connectivity index (χ3v) is 5.01. The molecule has 3 aromatic rings. The molecule has 5 heteroatoms. The molecule has 1 heterocycles. The molecule has 1 aromatic heterocycles. The van der Waals surface area contributed by atoms with Crippen LogP contribution < -0.4 is 10.2 Å². The number of benzene rings is 2. The molecule has 1 amide bonds. The molecule has 0 saturated heterocycles. The lowest BCUT2D eigenvalue weighted by molar-refractivity contribution is -0.885. The van der Waals surface area contributed by atoms with Gasteiger partial charge in [0.2, 0.25) is 0 Å². The Hall–Kier alpha value is -2.92. The van der Waals surface area contributed by atoms with E-state index in [1.54, 1.807) is 0 Å². The van der Waals surface area contributed by atoms with Crippen LogP contribution in [-0.2, 0) is 11.3 Å². The molecule has 2 N–H and O–H groups in total. The van der Waals surface area contributed by atoms with Crippen LogP contribution in [0.3, 0.4) is 0 Å². The molecule has 28 heavy (non-hydrogen) atoms. The summed E-state index contributed by atoms with van der Waals surface area (Å²) in [5.74, 6) is 0.000997. The van der Waals surface area contributed by atoms with Gasteiger partial charge in [0.25, 0.3) is 5.91 Å². The average Bonchev–Trinajstić information content (AvgIpc) is 2.93. The zero-order valence-corrected chi connectivity index (χ0v) is 17.3. The highest BCUT2D eigenvalue weighted by molar-refractivity contribution is 5.92. The number of hydrogen-bond acceptors (Lipinski definition) is 2. The van der Waals surface area contributed by atoms with E-state index in [-0.39, 0.29) is 5.91 Å². The van der Waals surface area contributed by atoms with E-state index in [2.05, 4.69) is 42.5 Å². The third-order valence-electron chi connectivity index (χ3n) is 5.01. The van der Waals surface area contributed by atoms with E-state index < -0.39 is 0 Å². The van der Waals surface area contributed by atoms with Crippen molar-refractivity contribution in [3.63, 3.8) is 0 Å². The maximum absolute atomic E-state index is 12.6. The summed E-state index contributed by atoms with van der Waals surface area (Å²) in [6, 6.07) is 16.4. The Kier molecular flexibility index (Phi) is 5.95. The topological polar surface area (TPSA) is 51.4 Å². The highest BCUT2D eigenvalue weighted by Gasteiger charge is 2.18. The van der Waals surface area contributed by atoms with Crippen LogP contribution in [0.25, 0.3) is 5.69 Å². The summed E-state index contributed by atoms with van der Waals surface area (Å²) in [5, 5.41) is 7.66. The molecule has 0 saturated carbocycles. The van der Waals surface area contributed by atoms with Crippen LogP contribution in [0.2, 0.25) is 0 Å². The number of nitrogens with zero attached hydrogens (tertiary/aromatic N) is 2. The lowest BCUT2D eigenvalue weighted by Gasteiger charge is -2.16. The molecule has 0 fully saturated rings. The minimum Gasteiger partial charge on any atom is -0.326 e. The van der Waals surface area contributed by atoms with Crippen molar-refractivity contribution in [2.45, 2.75) is 34.2 Å². The number of amides is 1. The van der Waals surface area contributed by atoms with Crippen molar-refractivity contribution in [2.24, 2.45) is 0 Å². The second-order valence-electron chi connectivity index (χ2n) is 7.58. The van der Waals surface area contributed by atoms with Gasteiger partial charge < -0.3 is 10.2 Å². The van der Waals surface area contributed by atoms with Crippen LogP contribution in [0, 0.1) is 27.7 Å². The highest BCUT2D eigenvalue weighted by Crippen LogP contribution is 2.22. The Morgan fingerprint density at radius 1 is 1.07 bits per heavy atom. The van der Waals surface area contributed by atoms with Crippen LogP contribution in [0.5, 0.6) is 0 Å². The molecular weight excluding hydrogens is 348 g/mol. The number of carbonyl (C=O) groups is 1. The third kappa shape index (κ3) is 4.49. The number of carbonyl (C=O) groups excluding carboxylic acids is 1. The predicted octanol–water partition coefficient (Wildman–Crippen LogP) is 2.76. The first-order chi connectivity index (χ1) is 13.3. The van der Waals surface area contributed by atoms with Crippen molar-refractivity contribution in [3.05, 3.63) is 76.6 Å². The normalized spacial score (nSPS) is 12.0. The van der Waals surface area contributed by atoms with Gasteiger partial charge in [-0.25, -0.2) is 4.68 Å². The van der Waals surface area contributed by atoms with Crippen molar-refractivity contribution >= 4 is 11.6 Å². The fourth-order valence-electron chi connectivity index (χ4n) is 3.53. The Labute approximate surface area is 167 Å². The summed E-state index contributed by atoms with van der Waals surface area (Å²) in [7, 11) is 2.05. The van der Waals surface area contributed by atoms with E-state index in [0.717, 1.165) is 34.2 Å². The Morgan fingerprint density at radius 3 is 2.46 bits per heavy atom. The zero-order chi connectivity index (χ0) is 20.3. The summed E-state index contributed by atoms with van der Waals surface area (Å²) in [6.45, 7) is 9.36. The Morgan fingerprint density at radius 2 is 1.79 bits per heavy atom. The summed E-state index contributed by atoms with van der Waals surface area (Å²) >= 11 is 0. The molecule has 0 radical (unpaired) electrons. The molecule has 1 unspecified atom stereocenters. The molecule has 2 aromatic carbocycles. The summed E-state index contributed by atoms with van der Waals surface area (Å²) in [5.41, 5.74) is 7.36. The predicted molar refractivity (Wildman–Crippen MR) is 113 cm³/mol. The molecule has 0 aliphatic carbocycles. The van der Waals surface area contributed by atoms with E-state index in [9.17, 15) is 4.79 Å². The van der Waals surface area contributed by atoms with Gasteiger partial charge in [0.15, 0.2) is 6.54 Å². The van der Waals surface area contributed by atoms with Gasteiger partial charge in [-0.15, -0.1) is 0 Å². The lowest BCUT2D eigenvalue weighted by atomic mass is 10.1. The SMILES string of the molecule is Cc1ccc(C[NH+](C)CC(=O)Nc2c(C)nn(-c3ccccc3)c2C)c(C)c1. The maximum atomic E-state index is 12.6. The minimum absolute atomic E-state index is 0.000997. The number of quaternary nitrogens is 1.